The molecule has 1 aliphatic heterocycles. The average molecular weight is 421 g/mol. The fourth-order valence-corrected chi connectivity index (χ4v) is 3.27. The van der Waals surface area contributed by atoms with Crippen molar-refractivity contribution in [3.63, 3.8) is 0 Å². The number of anilines is 2. The number of alkyl halides is 3. The highest BCUT2D eigenvalue weighted by atomic mass is 19.4. The van der Waals surface area contributed by atoms with Crippen LogP contribution in [0.4, 0.5) is 24.8 Å². The minimum absolute atomic E-state index is 0.0529. The van der Waals surface area contributed by atoms with Crippen molar-refractivity contribution in [3.8, 4) is 0 Å². The lowest BCUT2D eigenvalue weighted by Crippen LogP contribution is -2.49. The van der Waals surface area contributed by atoms with E-state index in [1.165, 1.54) is 5.69 Å². The molecule has 0 saturated carbocycles. The van der Waals surface area contributed by atoms with E-state index in [-0.39, 0.29) is 5.95 Å². The number of piperidine rings is 1. The van der Waals surface area contributed by atoms with Crippen molar-refractivity contribution in [3.05, 3.63) is 48.3 Å². The van der Waals surface area contributed by atoms with E-state index in [1.807, 2.05) is 18.2 Å². The van der Waals surface area contributed by atoms with E-state index in [4.69, 9.17) is 0 Å². The zero-order valence-corrected chi connectivity index (χ0v) is 16.8. The number of halogens is 3. The van der Waals surface area contributed by atoms with Crippen LogP contribution in [0.2, 0.25) is 0 Å². The van der Waals surface area contributed by atoms with Gasteiger partial charge in [-0.3, -0.25) is 4.99 Å². The molecule has 0 aliphatic carbocycles. The third-order valence-corrected chi connectivity index (χ3v) is 4.83. The molecule has 2 aromatic rings. The van der Waals surface area contributed by atoms with Crippen LogP contribution in [0.3, 0.4) is 0 Å². The van der Waals surface area contributed by atoms with Gasteiger partial charge in [-0.15, -0.1) is 0 Å². The SMILES string of the molecule is CN=C(NCCNc1nccc(C(F)(F)F)n1)NC1CCN(c2ccccc2)CC1. The van der Waals surface area contributed by atoms with Gasteiger partial charge in [-0.25, -0.2) is 9.97 Å². The highest BCUT2D eigenvalue weighted by molar-refractivity contribution is 5.80. The number of aromatic nitrogens is 2. The first-order valence-electron chi connectivity index (χ1n) is 9.87. The predicted octanol–water partition coefficient (Wildman–Crippen LogP) is 2.74. The number of para-hydroxylation sites is 1. The zero-order chi connectivity index (χ0) is 21.4. The van der Waals surface area contributed by atoms with Crippen LogP contribution in [0, 0.1) is 0 Å². The Kier molecular flexibility index (Phi) is 7.31. The van der Waals surface area contributed by atoms with Crippen molar-refractivity contribution >= 4 is 17.6 Å². The van der Waals surface area contributed by atoms with E-state index in [0.29, 0.717) is 25.1 Å². The number of aliphatic imine (C=N–C) groups is 1. The van der Waals surface area contributed by atoms with E-state index in [9.17, 15) is 13.2 Å². The first kappa shape index (κ1) is 21.7. The molecule has 1 saturated heterocycles. The molecule has 162 valence electrons. The van der Waals surface area contributed by atoms with Gasteiger partial charge in [0.1, 0.15) is 5.69 Å². The van der Waals surface area contributed by atoms with Gasteiger partial charge < -0.3 is 20.9 Å². The number of nitrogens with one attached hydrogen (secondary N) is 3. The predicted molar refractivity (Wildman–Crippen MR) is 112 cm³/mol. The summed E-state index contributed by atoms with van der Waals surface area (Å²) >= 11 is 0. The largest absolute Gasteiger partial charge is 0.433 e. The summed E-state index contributed by atoms with van der Waals surface area (Å²) in [5, 5.41) is 9.36. The van der Waals surface area contributed by atoms with Gasteiger partial charge in [0.15, 0.2) is 5.96 Å². The van der Waals surface area contributed by atoms with Crippen LogP contribution < -0.4 is 20.9 Å². The quantitative estimate of drug-likeness (QED) is 0.378. The van der Waals surface area contributed by atoms with Gasteiger partial charge in [-0.05, 0) is 31.0 Å². The third-order valence-electron chi connectivity index (χ3n) is 4.83. The molecule has 3 N–H and O–H groups in total. The Labute approximate surface area is 173 Å². The summed E-state index contributed by atoms with van der Waals surface area (Å²) in [6.45, 7) is 2.75. The summed E-state index contributed by atoms with van der Waals surface area (Å²) in [5.74, 6) is 0.614. The maximum absolute atomic E-state index is 12.7. The van der Waals surface area contributed by atoms with E-state index in [2.05, 4.69) is 47.9 Å². The van der Waals surface area contributed by atoms with Gasteiger partial charge in [0.05, 0.1) is 0 Å². The van der Waals surface area contributed by atoms with Crippen LogP contribution in [-0.4, -0.2) is 55.2 Å². The lowest BCUT2D eigenvalue weighted by Gasteiger charge is -2.34. The van der Waals surface area contributed by atoms with E-state index in [1.54, 1.807) is 7.05 Å². The van der Waals surface area contributed by atoms with E-state index in [0.717, 1.165) is 38.2 Å². The second-order valence-electron chi connectivity index (χ2n) is 6.93. The second kappa shape index (κ2) is 10.1. The van der Waals surface area contributed by atoms with Gasteiger partial charge in [0, 0.05) is 51.2 Å². The minimum atomic E-state index is -4.49. The van der Waals surface area contributed by atoms with E-state index >= 15 is 0 Å². The van der Waals surface area contributed by atoms with Crippen LogP contribution >= 0.6 is 0 Å². The number of hydrogen-bond donors (Lipinski definition) is 3. The summed E-state index contributed by atoms with van der Waals surface area (Å²) in [5.41, 5.74) is 0.272. The van der Waals surface area contributed by atoms with Crippen LogP contribution in [0.15, 0.2) is 47.6 Å². The van der Waals surface area contributed by atoms with Crippen LogP contribution in [-0.2, 0) is 6.18 Å². The van der Waals surface area contributed by atoms with Crippen LogP contribution in [0.1, 0.15) is 18.5 Å². The molecule has 1 fully saturated rings. The smallest absolute Gasteiger partial charge is 0.371 e. The molecule has 3 rings (SSSR count). The second-order valence-corrected chi connectivity index (χ2v) is 6.93. The topological polar surface area (TPSA) is 77.5 Å². The molecule has 2 heterocycles. The zero-order valence-electron chi connectivity index (χ0n) is 16.8. The molecule has 30 heavy (non-hydrogen) atoms. The Bertz CT molecular complexity index is 819. The lowest BCUT2D eigenvalue weighted by molar-refractivity contribution is -0.141. The Morgan fingerprint density at radius 2 is 1.87 bits per heavy atom. The first-order chi connectivity index (χ1) is 14.5. The fourth-order valence-electron chi connectivity index (χ4n) is 3.27. The van der Waals surface area contributed by atoms with Gasteiger partial charge in [-0.1, -0.05) is 18.2 Å². The molecule has 7 nitrogen and oxygen atoms in total. The molecule has 1 aliphatic rings. The fraction of sp³-hybridized carbons (Fsp3) is 0.450. The Balaban J connectivity index is 1.39. The molecule has 0 atom stereocenters. The minimum Gasteiger partial charge on any atom is -0.371 e. The number of guanidine groups is 1. The number of hydrogen-bond acceptors (Lipinski definition) is 5. The standard InChI is InChI=1S/C20H26F3N7/c1-24-18(26-11-12-27-19-25-10-7-17(29-19)20(21,22)23)28-15-8-13-30(14-9-15)16-5-3-2-4-6-16/h2-7,10,15H,8-9,11-14H2,1H3,(H2,24,26,28)(H,25,27,29). The number of nitrogens with zero attached hydrogens (tertiary/aromatic N) is 4. The maximum atomic E-state index is 12.7. The normalized spacial score (nSPS) is 15.7. The van der Waals surface area contributed by atoms with Crippen LogP contribution in [0.5, 0.6) is 0 Å². The van der Waals surface area contributed by atoms with Gasteiger partial charge in [0.25, 0.3) is 0 Å². The van der Waals surface area contributed by atoms with Crippen molar-refractivity contribution in [1.29, 1.82) is 0 Å². The lowest BCUT2D eigenvalue weighted by atomic mass is 10.0. The third kappa shape index (κ3) is 6.23. The summed E-state index contributed by atoms with van der Waals surface area (Å²) in [6.07, 6.45) is -1.41. The monoisotopic (exact) mass is 421 g/mol. The van der Waals surface area contributed by atoms with Gasteiger partial charge in [0.2, 0.25) is 5.95 Å². The summed E-state index contributed by atoms with van der Waals surface area (Å²) in [7, 11) is 1.69. The van der Waals surface area contributed by atoms with Crippen molar-refractivity contribution in [2.24, 2.45) is 4.99 Å². The first-order valence-corrected chi connectivity index (χ1v) is 9.87. The summed E-state index contributed by atoms with van der Waals surface area (Å²) in [4.78, 5) is 13.9. The highest BCUT2D eigenvalue weighted by Crippen LogP contribution is 2.27. The molecule has 0 amide bonds. The Morgan fingerprint density at radius 1 is 1.13 bits per heavy atom. The molecular weight excluding hydrogens is 395 g/mol. The molecule has 0 spiro atoms. The van der Waals surface area contributed by atoms with Crippen molar-refractivity contribution < 1.29 is 13.2 Å². The molecule has 1 aromatic heterocycles. The molecule has 1 aromatic carbocycles. The molecular formula is C20H26F3N7. The van der Waals surface area contributed by atoms with Gasteiger partial charge >= 0.3 is 6.18 Å². The Hall–Kier alpha value is -3.04. The molecule has 10 heteroatoms. The summed E-state index contributed by atoms with van der Waals surface area (Å²) < 4.78 is 38.1. The maximum Gasteiger partial charge on any atom is 0.433 e. The van der Waals surface area contributed by atoms with Crippen molar-refractivity contribution in [1.82, 2.24) is 20.6 Å². The highest BCUT2D eigenvalue weighted by Gasteiger charge is 2.32. The van der Waals surface area contributed by atoms with Crippen LogP contribution in [0.25, 0.3) is 0 Å². The van der Waals surface area contributed by atoms with Gasteiger partial charge in [-0.2, -0.15) is 13.2 Å². The molecule has 0 bridgehead atoms. The number of rotatable bonds is 6. The van der Waals surface area contributed by atoms with Crippen molar-refractivity contribution in [2.75, 3.05) is 43.4 Å². The average Bonchev–Trinajstić information content (AvgIpc) is 2.76. The molecule has 0 unspecified atom stereocenters. The Morgan fingerprint density at radius 3 is 2.53 bits per heavy atom. The summed E-state index contributed by atoms with van der Waals surface area (Å²) in [6, 6.07) is 11.5. The number of benzene rings is 1. The van der Waals surface area contributed by atoms with Crippen molar-refractivity contribution in [2.45, 2.75) is 25.1 Å². The molecule has 0 radical (unpaired) electrons. The van der Waals surface area contributed by atoms with E-state index < -0.39 is 11.9 Å².